The van der Waals surface area contributed by atoms with Crippen LogP contribution in [-0.4, -0.2) is 30.0 Å². The largest absolute Gasteiger partial charge is 0.481 e. The third kappa shape index (κ3) is 3.99. The van der Waals surface area contributed by atoms with Crippen LogP contribution in [0, 0.1) is 12.8 Å². The van der Waals surface area contributed by atoms with Crippen LogP contribution < -0.4 is 4.74 Å². The number of benzene rings is 1. The van der Waals surface area contributed by atoms with Crippen molar-refractivity contribution < 1.29 is 9.53 Å². The number of likely N-dealkylation sites (N-methyl/N-ethyl adjacent to an activating group) is 1. The Morgan fingerprint density at radius 3 is 2.71 bits per heavy atom. The molecule has 1 aromatic carbocycles. The van der Waals surface area contributed by atoms with Crippen LogP contribution in [0.25, 0.3) is 0 Å². The molecule has 21 heavy (non-hydrogen) atoms. The molecule has 3 unspecified atom stereocenters. The normalized spacial score (nSPS) is 23.4. The van der Waals surface area contributed by atoms with Crippen molar-refractivity contribution in [1.29, 1.82) is 0 Å². The van der Waals surface area contributed by atoms with E-state index in [0.29, 0.717) is 12.0 Å². The van der Waals surface area contributed by atoms with Crippen LogP contribution >= 0.6 is 0 Å². The van der Waals surface area contributed by atoms with Gasteiger partial charge in [-0.1, -0.05) is 31.9 Å². The second-order valence-electron chi connectivity index (χ2n) is 6.35. The van der Waals surface area contributed by atoms with Crippen molar-refractivity contribution in [1.82, 2.24) is 4.90 Å². The van der Waals surface area contributed by atoms with E-state index in [4.69, 9.17) is 4.74 Å². The van der Waals surface area contributed by atoms with Gasteiger partial charge in [-0.25, -0.2) is 0 Å². The minimum Gasteiger partial charge on any atom is -0.481 e. The molecule has 1 saturated carbocycles. The Kier molecular flexibility index (Phi) is 5.27. The first kappa shape index (κ1) is 15.9. The molecule has 116 valence electrons. The molecule has 0 spiro atoms. The number of hydrogen-bond acceptors (Lipinski definition) is 2. The minimum atomic E-state index is -0.439. The first-order valence-electron chi connectivity index (χ1n) is 7.99. The molecule has 1 aliphatic carbocycles. The van der Waals surface area contributed by atoms with E-state index in [0.717, 1.165) is 17.7 Å². The summed E-state index contributed by atoms with van der Waals surface area (Å²) in [6.45, 7) is 6.11. The monoisotopic (exact) mass is 289 g/mol. The summed E-state index contributed by atoms with van der Waals surface area (Å²) in [4.78, 5) is 14.5. The van der Waals surface area contributed by atoms with Gasteiger partial charge in [-0.2, -0.15) is 0 Å². The van der Waals surface area contributed by atoms with Gasteiger partial charge in [0, 0.05) is 13.1 Å². The fourth-order valence-corrected chi connectivity index (χ4v) is 3.27. The lowest BCUT2D eigenvalue weighted by Gasteiger charge is -2.37. The molecule has 1 aromatic rings. The summed E-state index contributed by atoms with van der Waals surface area (Å²) < 4.78 is 5.81. The van der Waals surface area contributed by atoms with E-state index in [2.05, 4.69) is 6.92 Å². The van der Waals surface area contributed by atoms with Gasteiger partial charge in [-0.05, 0) is 50.3 Å². The van der Waals surface area contributed by atoms with E-state index >= 15 is 0 Å². The van der Waals surface area contributed by atoms with Crippen LogP contribution in [-0.2, 0) is 4.79 Å². The van der Waals surface area contributed by atoms with Gasteiger partial charge in [0.2, 0.25) is 0 Å². The van der Waals surface area contributed by atoms with Crippen molar-refractivity contribution in [3.05, 3.63) is 29.8 Å². The Morgan fingerprint density at radius 1 is 1.33 bits per heavy atom. The lowest BCUT2D eigenvalue weighted by molar-refractivity contribution is -0.140. The van der Waals surface area contributed by atoms with E-state index in [1.54, 1.807) is 0 Å². The Balaban J connectivity index is 1.98. The van der Waals surface area contributed by atoms with Crippen molar-refractivity contribution in [3.63, 3.8) is 0 Å². The van der Waals surface area contributed by atoms with Gasteiger partial charge in [0.15, 0.2) is 6.10 Å². The van der Waals surface area contributed by atoms with Crippen molar-refractivity contribution in [3.8, 4) is 5.75 Å². The van der Waals surface area contributed by atoms with Crippen LogP contribution in [0.1, 0.15) is 45.1 Å². The Morgan fingerprint density at radius 2 is 2.05 bits per heavy atom. The quantitative estimate of drug-likeness (QED) is 0.843. The average molecular weight is 289 g/mol. The zero-order valence-electron chi connectivity index (χ0n) is 13.6. The van der Waals surface area contributed by atoms with Gasteiger partial charge < -0.3 is 9.64 Å². The van der Waals surface area contributed by atoms with Gasteiger partial charge >= 0.3 is 0 Å². The molecule has 0 heterocycles. The Hall–Kier alpha value is -1.51. The third-order valence-electron chi connectivity index (χ3n) is 4.56. The lowest BCUT2D eigenvalue weighted by Crippen LogP contribution is -2.47. The SMILES string of the molecule is Cc1cccc(OC(C)C(=O)N(C)C2CCCCC2C)c1. The first-order chi connectivity index (χ1) is 9.99. The summed E-state index contributed by atoms with van der Waals surface area (Å²) in [5.74, 6) is 1.43. The van der Waals surface area contributed by atoms with Gasteiger partial charge in [-0.15, -0.1) is 0 Å². The van der Waals surface area contributed by atoms with E-state index in [9.17, 15) is 4.79 Å². The van der Waals surface area contributed by atoms with Crippen LogP contribution in [0.2, 0.25) is 0 Å². The highest BCUT2D eigenvalue weighted by Gasteiger charge is 2.30. The number of hydrogen-bond donors (Lipinski definition) is 0. The molecule has 2 rings (SSSR count). The maximum absolute atomic E-state index is 12.6. The second kappa shape index (κ2) is 6.97. The maximum Gasteiger partial charge on any atom is 0.263 e. The summed E-state index contributed by atoms with van der Waals surface area (Å²) in [6, 6.07) is 8.20. The minimum absolute atomic E-state index is 0.0789. The number of carbonyl (C=O) groups is 1. The number of nitrogens with zero attached hydrogens (tertiary/aromatic N) is 1. The van der Waals surface area contributed by atoms with Crippen LogP contribution in [0.3, 0.4) is 0 Å². The number of carbonyl (C=O) groups excluding carboxylic acids is 1. The van der Waals surface area contributed by atoms with Gasteiger partial charge in [-0.3, -0.25) is 4.79 Å². The second-order valence-corrected chi connectivity index (χ2v) is 6.35. The molecule has 0 saturated heterocycles. The van der Waals surface area contributed by atoms with Crippen molar-refractivity contribution in [2.75, 3.05) is 7.05 Å². The van der Waals surface area contributed by atoms with Crippen LogP contribution in [0.15, 0.2) is 24.3 Å². The molecule has 0 aliphatic heterocycles. The zero-order chi connectivity index (χ0) is 15.4. The van der Waals surface area contributed by atoms with Crippen LogP contribution in [0.4, 0.5) is 0 Å². The van der Waals surface area contributed by atoms with Crippen molar-refractivity contribution in [2.24, 2.45) is 5.92 Å². The topological polar surface area (TPSA) is 29.5 Å². The average Bonchev–Trinajstić information content (AvgIpc) is 2.46. The van der Waals surface area contributed by atoms with E-state index in [1.807, 2.05) is 50.1 Å². The van der Waals surface area contributed by atoms with Crippen molar-refractivity contribution >= 4 is 5.91 Å². The standard InChI is InChI=1S/C18H27NO2/c1-13-8-7-10-16(12-13)21-15(3)18(20)19(4)17-11-6-5-9-14(17)2/h7-8,10,12,14-15,17H,5-6,9,11H2,1-4H3. The summed E-state index contributed by atoms with van der Waals surface area (Å²) >= 11 is 0. The molecule has 3 nitrogen and oxygen atoms in total. The van der Waals surface area contributed by atoms with E-state index in [-0.39, 0.29) is 5.91 Å². The van der Waals surface area contributed by atoms with E-state index in [1.165, 1.54) is 19.3 Å². The summed E-state index contributed by atoms with van der Waals surface area (Å²) in [5, 5.41) is 0. The fraction of sp³-hybridized carbons (Fsp3) is 0.611. The third-order valence-corrected chi connectivity index (χ3v) is 4.56. The van der Waals surface area contributed by atoms with Crippen LogP contribution in [0.5, 0.6) is 5.75 Å². The molecular weight excluding hydrogens is 262 g/mol. The highest BCUT2D eigenvalue weighted by Crippen LogP contribution is 2.28. The molecule has 1 amide bonds. The molecule has 1 aliphatic rings. The summed E-state index contributed by atoms with van der Waals surface area (Å²) in [6.07, 6.45) is 4.40. The molecule has 3 heteroatoms. The molecular formula is C18H27NO2. The molecule has 1 fully saturated rings. The number of ether oxygens (including phenoxy) is 1. The van der Waals surface area contributed by atoms with Gasteiger partial charge in [0.05, 0.1) is 0 Å². The van der Waals surface area contributed by atoms with Gasteiger partial charge in [0.25, 0.3) is 5.91 Å². The van der Waals surface area contributed by atoms with Gasteiger partial charge in [0.1, 0.15) is 5.75 Å². The maximum atomic E-state index is 12.6. The highest BCUT2D eigenvalue weighted by atomic mass is 16.5. The summed E-state index contributed by atoms with van der Waals surface area (Å²) in [7, 11) is 1.92. The molecule has 0 bridgehead atoms. The number of amides is 1. The number of aryl methyl sites for hydroxylation is 1. The molecule has 3 atom stereocenters. The fourth-order valence-electron chi connectivity index (χ4n) is 3.27. The number of rotatable bonds is 4. The predicted molar refractivity (Wildman–Crippen MR) is 85.5 cm³/mol. The zero-order valence-corrected chi connectivity index (χ0v) is 13.6. The molecule has 0 radical (unpaired) electrons. The Bertz CT molecular complexity index is 486. The Labute approximate surface area is 128 Å². The first-order valence-corrected chi connectivity index (χ1v) is 7.99. The predicted octanol–water partition coefficient (Wildman–Crippen LogP) is 3.80. The summed E-state index contributed by atoms with van der Waals surface area (Å²) in [5.41, 5.74) is 1.14. The van der Waals surface area contributed by atoms with E-state index < -0.39 is 6.10 Å². The highest BCUT2D eigenvalue weighted by molar-refractivity contribution is 5.81. The molecule has 0 N–H and O–H groups in total. The smallest absolute Gasteiger partial charge is 0.263 e. The molecule has 0 aromatic heterocycles. The van der Waals surface area contributed by atoms with Crippen molar-refractivity contribution in [2.45, 2.75) is 58.6 Å². The lowest BCUT2D eigenvalue weighted by atomic mass is 9.85.